The molecule has 1 aliphatic rings. The molecule has 0 saturated carbocycles. The molecular weight excluding hydrogens is 368 g/mol. The standard InChI is InChI=1S/C20H20N8O/c1-14-4-2-5-18(24-14)27-20-22-8-15(9-23-20)17-10-21-11-19(26-17)25-16-12-28(13-16)6-3-7-29/h2-11,16H,12-13H2,1H3,(H,25,26)(H,22,23,24,27). The lowest BCUT2D eigenvalue weighted by molar-refractivity contribution is -0.104. The number of aldehydes is 1. The summed E-state index contributed by atoms with van der Waals surface area (Å²) in [7, 11) is 0. The van der Waals surface area contributed by atoms with Crippen LogP contribution in [0.1, 0.15) is 5.69 Å². The van der Waals surface area contributed by atoms with Crippen molar-refractivity contribution < 1.29 is 4.79 Å². The van der Waals surface area contributed by atoms with Gasteiger partial charge in [0.2, 0.25) is 5.95 Å². The third-order valence-electron chi connectivity index (χ3n) is 4.35. The van der Waals surface area contributed by atoms with Crippen molar-refractivity contribution in [3.63, 3.8) is 0 Å². The molecule has 1 saturated heterocycles. The maximum Gasteiger partial charge on any atom is 0.228 e. The van der Waals surface area contributed by atoms with Crippen LogP contribution >= 0.6 is 0 Å². The second-order valence-electron chi connectivity index (χ2n) is 6.65. The van der Waals surface area contributed by atoms with E-state index in [-0.39, 0.29) is 6.04 Å². The second-order valence-corrected chi connectivity index (χ2v) is 6.65. The van der Waals surface area contributed by atoms with Gasteiger partial charge in [0.1, 0.15) is 17.9 Å². The predicted molar refractivity (Wildman–Crippen MR) is 110 cm³/mol. The predicted octanol–water partition coefficient (Wildman–Crippen LogP) is 2.19. The molecule has 4 heterocycles. The number of carbonyl (C=O) groups excluding carboxylic acids is 1. The van der Waals surface area contributed by atoms with Crippen molar-refractivity contribution in [3.05, 3.63) is 61.0 Å². The summed E-state index contributed by atoms with van der Waals surface area (Å²) in [5.41, 5.74) is 2.38. The highest BCUT2D eigenvalue weighted by Crippen LogP contribution is 2.19. The van der Waals surface area contributed by atoms with Crippen LogP contribution in [-0.2, 0) is 4.79 Å². The number of anilines is 3. The third kappa shape index (κ3) is 4.70. The topological polar surface area (TPSA) is 109 Å². The minimum atomic E-state index is 0.264. The van der Waals surface area contributed by atoms with Crippen LogP contribution in [0.2, 0.25) is 0 Å². The minimum Gasteiger partial charge on any atom is -0.373 e. The molecule has 3 aromatic rings. The van der Waals surface area contributed by atoms with Gasteiger partial charge < -0.3 is 15.5 Å². The Balaban J connectivity index is 1.39. The number of aryl methyl sites for hydroxylation is 1. The van der Waals surface area contributed by atoms with Crippen LogP contribution in [0.4, 0.5) is 17.6 Å². The van der Waals surface area contributed by atoms with E-state index < -0.39 is 0 Å². The maximum absolute atomic E-state index is 10.4. The molecule has 3 aromatic heterocycles. The molecule has 2 N–H and O–H groups in total. The van der Waals surface area contributed by atoms with Crippen LogP contribution in [0.25, 0.3) is 11.3 Å². The highest BCUT2D eigenvalue weighted by molar-refractivity contribution is 5.64. The van der Waals surface area contributed by atoms with Crippen molar-refractivity contribution in [2.24, 2.45) is 0 Å². The molecule has 0 amide bonds. The lowest BCUT2D eigenvalue weighted by Crippen LogP contribution is -2.52. The number of allylic oxidation sites excluding steroid dienone is 1. The van der Waals surface area contributed by atoms with E-state index in [1.54, 1.807) is 31.0 Å². The van der Waals surface area contributed by atoms with Gasteiger partial charge in [-0.3, -0.25) is 9.78 Å². The van der Waals surface area contributed by atoms with E-state index in [9.17, 15) is 4.79 Å². The molecule has 9 heteroatoms. The fourth-order valence-corrected chi connectivity index (χ4v) is 2.92. The Labute approximate surface area is 168 Å². The molecule has 0 radical (unpaired) electrons. The maximum atomic E-state index is 10.4. The normalized spacial score (nSPS) is 13.9. The summed E-state index contributed by atoms with van der Waals surface area (Å²) in [6, 6.07) is 5.98. The average molecular weight is 388 g/mol. The zero-order valence-corrected chi connectivity index (χ0v) is 15.9. The fourth-order valence-electron chi connectivity index (χ4n) is 2.92. The third-order valence-corrected chi connectivity index (χ3v) is 4.35. The molecule has 0 bridgehead atoms. The first-order chi connectivity index (χ1) is 14.2. The van der Waals surface area contributed by atoms with Crippen molar-refractivity contribution in [2.45, 2.75) is 13.0 Å². The monoisotopic (exact) mass is 388 g/mol. The van der Waals surface area contributed by atoms with Gasteiger partial charge in [0.25, 0.3) is 0 Å². The van der Waals surface area contributed by atoms with E-state index >= 15 is 0 Å². The molecule has 4 rings (SSSR count). The first-order valence-electron chi connectivity index (χ1n) is 9.17. The summed E-state index contributed by atoms with van der Waals surface area (Å²) in [6.07, 6.45) is 10.8. The SMILES string of the molecule is Cc1cccc(Nc2ncc(-c3cncc(NC4CN(C=CC=O)C4)n3)cn2)n1. The van der Waals surface area contributed by atoms with Crippen LogP contribution in [0, 0.1) is 6.92 Å². The van der Waals surface area contributed by atoms with Crippen molar-refractivity contribution in [1.29, 1.82) is 0 Å². The van der Waals surface area contributed by atoms with E-state index in [4.69, 9.17) is 0 Å². The molecule has 1 aliphatic heterocycles. The number of rotatable bonds is 7. The average Bonchev–Trinajstić information content (AvgIpc) is 2.70. The van der Waals surface area contributed by atoms with Crippen LogP contribution in [0.15, 0.2) is 55.3 Å². The summed E-state index contributed by atoms with van der Waals surface area (Å²) >= 11 is 0. The fraction of sp³-hybridized carbons (Fsp3) is 0.200. The molecule has 0 aliphatic carbocycles. The first kappa shape index (κ1) is 18.5. The van der Waals surface area contributed by atoms with E-state index in [1.807, 2.05) is 30.0 Å². The van der Waals surface area contributed by atoms with Gasteiger partial charge in [-0.05, 0) is 25.1 Å². The molecule has 0 atom stereocenters. The van der Waals surface area contributed by atoms with E-state index in [1.165, 1.54) is 6.08 Å². The Morgan fingerprint density at radius 3 is 2.66 bits per heavy atom. The Morgan fingerprint density at radius 2 is 1.90 bits per heavy atom. The molecule has 9 nitrogen and oxygen atoms in total. The number of carbonyl (C=O) groups is 1. The van der Waals surface area contributed by atoms with Gasteiger partial charge in [-0.25, -0.2) is 19.9 Å². The van der Waals surface area contributed by atoms with Gasteiger partial charge in [0.15, 0.2) is 0 Å². The number of likely N-dealkylation sites (tertiary alicyclic amines) is 1. The van der Waals surface area contributed by atoms with Crippen LogP contribution in [0.3, 0.4) is 0 Å². The van der Waals surface area contributed by atoms with Gasteiger partial charge in [0, 0.05) is 42.9 Å². The van der Waals surface area contributed by atoms with Crippen molar-refractivity contribution >= 4 is 23.9 Å². The van der Waals surface area contributed by atoms with Gasteiger partial charge in [0.05, 0.1) is 24.1 Å². The molecule has 146 valence electrons. The molecular formula is C20H20N8O. The van der Waals surface area contributed by atoms with Crippen LogP contribution in [0.5, 0.6) is 0 Å². The first-order valence-corrected chi connectivity index (χ1v) is 9.17. The number of pyridine rings is 1. The Kier molecular flexibility index (Phi) is 5.37. The number of hydrogen-bond donors (Lipinski definition) is 2. The quantitative estimate of drug-likeness (QED) is 0.465. The van der Waals surface area contributed by atoms with Crippen molar-refractivity contribution in [1.82, 2.24) is 29.8 Å². The van der Waals surface area contributed by atoms with Gasteiger partial charge in [-0.15, -0.1) is 0 Å². The van der Waals surface area contributed by atoms with Gasteiger partial charge in [-0.1, -0.05) is 6.07 Å². The van der Waals surface area contributed by atoms with Gasteiger partial charge in [-0.2, -0.15) is 0 Å². The summed E-state index contributed by atoms with van der Waals surface area (Å²) in [6.45, 7) is 3.55. The summed E-state index contributed by atoms with van der Waals surface area (Å²) in [5.74, 6) is 1.85. The highest BCUT2D eigenvalue weighted by Gasteiger charge is 2.24. The highest BCUT2D eigenvalue weighted by atomic mass is 16.1. The minimum absolute atomic E-state index is 0.264. The number of nitrogens with zero attached hydrogens (tertiary/aromatic N) is 6. The number of hydrogen-bond acceptors (Lipinski definition) is 9. The second kappa shape index (κ2) is 8.42. The summed E-state index contributed by atoms with van der Waals surface area (Å²) in [5, 5.41) is 6.43. The van der Waals surface area contributed by atoms with E-state index in [2.05, 4.69) is 35.6 Å². The molecule has 0 spiro atoms. The lowest BCUT2D eigenvalue weighted by Gasteiger charge is -2.39. The van der Waals surface area contributed by atoms with Crippen LogP contribution in [-0.4, -0.2) is 55.2 Å². The van der Waals surface area contributed by atoms with E-state index in [0.717, 1.165) is 30.6 Å². The van der Waals surface area contributed by atoms with Crippen molar-refractivity contribution in [3.8, 4) is 11.3 Å². The lowest BCUT2D eigenvalue weighted by atomic mass is 10.1. The Morgan fingerprint density at radius 1 is 1.07 bits per heavy atom. The van der Waals surface area contributed by atoms with Crippen LogP contribution < -0.4 is 10.6 Å². The van der Waals surface area contributed by atoms with Gasteiger partial charge >= 0.3 is 0 Å². The molecule has 1 fully saturated rings. The smallest absolute Gasteiger partial charge is 0.228 e. The molecule has 29 heavy (non-hydrogen) atoms. The Bertz CT molecular complexity index is 1010. The summed E-state index contributed by atoms with van der Waals surface area (Å²) in [4.78, 5) is 34.3. The molecule has 0 unspecified atom stereocenters. The number of aromatic nitrogens is 5. The number of nitrogens with one attached hydrogen (secondary N) is 2. The van der Waals surface area contributed by atoms with E-state index in [0.29, 0.717) is 23.3 Å². The van der Waals surface area contributed by atoms with Crippen molar-refractivity contribution in [2.75, 3.05) is 23.7 Å². The largest absolute Gasteiger partial charge is 0.373 e. The zero-order valence-electron chi connectivity index (χ0n) is 15.9. The molecule has 0 aromatic carbocycles. The zero-order chi connectivity index (χ0) is 20.1. The summed E-state index contributed by atoms with van der Waals surface area (Å²) < 4.78 is 0. The Hall–Kier alpha value is -3.88.